The van der Waals surface area contributed by atoms with E-state index in [-0.39, 0.29) is 0 Å². The van der Waals surface area contributed by atoms with Crippen LogP contribution in [-0.4, -0.2) is 18.2 Å². The molecule has 0 atom stereocenters. The Morgan fingerprint density at radius 1 is 1.24 bits per heavy atom. The molecule has 0 fully saturated rings. The van der Waals surface area contributed by atoms with Gasteiger partial charge in [-0.1, -0.05) is 39.2 Å². The first-order chi connectivity index (χ1) is 10.1. The third-order valence-electron chi connectivity index (χ3n) is 3.64. The van der Waals surface area contributed by atoms with Gasteiger partial charge in [-0.2, -0.15) is 0 Å². The highest BCUT2D eigenvalue weighted by molar-refractivity contribution is 5.92. The predicted octanol–water partition coefficient (Wildman–Crippen LogP) is 4.70. The number of rotatable bonds is 9. The summed E-state index contributed by atoms with van der Waals surface area (Å²) in [5.41, 5.74) is 2.58. The van der Waals surface area contributed by atoms with Gasteiger partial charge in [-0.05, 0) is 48.6 Å². The fourth-order valence-electron chi connectivity index (χ4n) is 2.33. The Morgan fingerprint density at radius 3 is 2.57 bits per heavy atom. The number of carboxylic acids is 1. The number of hydrogen-bond donors (Lipinski definition) is 1. The molecule has 0 unspecified atom stereocenters. The highest BCUT2D eigenvalue weighted by atomic mass is 16.5. The van der Waals surface area contributed by atoms with Gasteiger partial charge in [0.2, 0.25) is 0 Å². The zero-order chi connectivity index (χ0) is 15.7. The van der Waals surface area contributed by atoms with E-state index < -0.39 is 5.97 Å². The second kappa shape index (κ2) is 9.22. The van der Waals surface area contributed by atoms with E-state index in [0.29, 0.717) is 12.0 Å². The van der Waals surface area contributed by atoms with Crippen molar-refractivity contribution in [2.45, 2.75) is 52.4 Å². The SMILES string of the molecule is CCCCCCC(=Cc1ccc(OC)cc1CC)C(=O)O. The summed E-state index contributed by atoms with van der Waals surface area (Å²) >= 11 is 0. The molecule has 0 radical (unpaired) electrons. The molecule has 0 saturated carbocycles. The molecule has 0 heterocycles. The van der Waals surface area contributed by atoms with Gasteiger partial charge in [0, 0.05) is 5.57 Å². The number of carbonyl (C=O) groups is 1. The maximum absolute atomic E-state index is 11.4. The van der Waals surface area contributed by atoms with Gasteiger partial charge in [0.15, 0.2) is 0 Å². The highest BCUT2D eigenvalue weighted by Crippen LogP contribution is 2.22. The molecule has 1 aromatic rings. The Hall–Kier alpha value is -1.77. The molecule has 0 aliphatic rings. The molecular formula is C18H26O3. The Kier molecular flexibility index (Phi) is 7.59. The van der Waals surface area contributed by atoms with Crippen molar-refractivity contribution < 1.29 is 14.6 Å². The first-order valence-electron chi connectivity index (χ1n) is 7.73. The summed E-state index contributed by atoms with van der Waals surface area (Å²) in [5.74, 6) is -0.00631. The molecule has 116 valence electrons. The van der Waals surface area contributed by atoms with Gasteiger partial charge in [0.25, 0.3) is 0 Å². The summed E-state index contributed by atoms with van der Waals surface area (Å²) in [4.78, 5) is 11.4. The van der Waals surface area contributed by atoms with Gasteiger partial charge in [0.1, 0.15) is 5.75 Å². The van der Waals surface area contributed by atoms with Crippen LogP contribution in [-0.2, 0) is 11.2 Å². The van der Waals surface area contributed by atoms with E-state index in [2.05, 4.69) is 13.8 Å². The van der Waals surface area contributed by atoms with Crippen molar-refractivity contribution in [1.29, 1.82) is 0 Å². The van der Waals surface area contributed by atoms with E-state index in [9.17, 15) is 9.90 Å². The van der Waals surface area contributed by atoms with Crippen molar-refractivity contribution in [3.63, 3.8) is 0 Å². The Morgan fingerprint density at radius 2 is 2.00 bits per heavy atom. The van der Waals surface area contributed by atoms with Crippen LogP contribution in [0.25, 0.3) is 6.08 Å². The number of unbranched alkanes of at least 4 members (excludes halogenated alkanes) is 3. The maximum Gasteiger partial charge on any atom is 0.331 e. The molecular weight excluding hydrogens is 264 g/mol. The zero-order valence-electron chi connectivity index (χ0n) is 13.3. The zero-order valence-corrected chi connectivity index (χ0v) is 13.3. The lowest BCUT2D eigenvalue weighted by Gasteiger charge is -2.09. The number of hydrogen-bond acceptors (Lipinski definition) is 2. The quantitative estimate of drug-likeness (QED) is 0.530. The lowest BCUT2D eigenvalue weighted by molar-refractivity contribution is -0.132. The lowest BCUT2D eigenvalue weighted by atomic mass is 9.99. The minimum absolute atomic E-state index is 0.492. The largest absolute Gasteiger partial charge is 0.497 e. The minimum Gasteiger partial charge on any atom is -0.497 e. The van der Waals surface area contributed by atoms with Crippen molar-refractivity contribution >= 4 is 12.0 Å². The van der Waals surface area contributed by atoms with Crippen LogP contribution in [0.5, 0.6) is 5.75 Å². The van der Waals surface area contributed by atoms with E-state index in [4.69, 9.17) is 4.74 Å². The summed E-state index contributed by atoms with van der Waals surface area (Å²) in [6.45, 7) is 4.21. The van der Waals surface area contributed by atoms with Crippen LogP contribution < -0.4 is 4.74 Å². The van der Waals surface area contributed by atoms with Gasteiger partial charge in [-0.15, -0.1) is 0 Å². The Balaban J connectivity index is 2.91. The molecule has 21 heavy (non-hydrogen) atoms. The summed E-state index contributed by atoms with van der Waals surface area (Å²) in [7, 11) is 1.64. The van der Waals surface area contributed by atoms with E-state index in [1.807, 2.05) is 24.3 Å². The average Bonchev–Trinajstić information content (AvgIpc) is 2.50. The molecule has 0 aliphatic carbocycles. The molecule has 0 aromatic heterocycles. The van der Waals surface area contributed by atoms with Crippen LogP contribution in [0, 0.1) is 0 Å². The van der Waals surface area contributed by atoms with E-state index in [1.54, 1.807) is 7.11 Å². The molecule has 0 aliphatic heterocycles. The summed E-state index contributed by atoms with van der Waals surface area (Å²) in [6, 6.07) is 5.79. The third-order valence-corrected chi connectivity index (χ3v) is 3.64. The first-order valence-corrected chi connectivity index (χ1v) is 7.73. The summed E-state index contributed by atoms with van der Waals surface area (Å²) in [5, 5.41) is 9.36. The molecule has 0 bridgehead atoms. The summed E-state index contributed by atoms with van der Waals surface area (Å²) < 4.78 is 5.22. The first kappa shape index (κ1) is 17.3. The van der Waals surface area contributed by atoms with Crippen molar-refractivity contribution in [1.82, 2.24) is 0 Å². The molecule has 1 N–H and O–H groups in total. The van der Waals surface area contributed by atoms with Crippen molar-refractivity contribution in [2.24, 2.45) is 0 Å². The molecule has 3 heteroatoms. The second-order valence-electron chi connectivity index (χ2n) is 5.20. The number of aliphatic carboxylic acids is 1. The van der Waals surface area contributed by atoms with Crippen molar-refractivity contribution in [3.05, 3.63) is 34.9 Å². The van der Waals surface area contributed by atoms with Crippen LogP contribution in [0.4, 0.5) is 0 Å². The lowest BCUT2D eigenvalue weighted by Crippen LogP contribution is -2.01. The van der Waals surface area contributed by atoms with Crippen LogP contribution in [0.1, 0.15) is 57.1 Å². The van der Waals surface area contributed by atoms with Gasteiger partial charge in [-0.25, -0.2) is 4.79 Å². The van der Waals surface area contributed by atoms with Gasteiger partial charge >= 0.3 is 5.97 Å². The van der Waals surface area contributed by atoms with Crippen LogP contribution in [0.2, 0.25) is 0 Å². The average molecular weight is 290 g/mol. The van der Waals surface area contributed by atoms with Crippen molar-refractivity contribution in [3.8, 4) is 5.75 Å². The number of benzene rings is 1. The highest BCUT2D eigenvalue weighted by Gasteiger charge is 2.09. The molecule has 0 amide bonds. The number of aryl methyl sites for hydroxylation is 1. The number of methoxy groups -OCH3 is 1. The van der Waals surface area contributed by atoms with Crippen LogP contribution >= 0.6 is 0 Å². The maximum atomic E-state index is 11.4. The van der Waals surface area contributed by atoms with E-state index in [1.165, 1.54) is 0 Å². The van der Waals surface area contributed by atoms with Gasteiger partial charge in [0.05, 0.1) is 7.11 Å². The van der Waals surface area contributed by atoms with Crippen molar-refractivity contribution in [2.75, 3.05) is 7.11 Å². The fraction of sp³-hybridized carbons (Fsp3) is 0.500. The molecule has 1 rings (SSSR count). The molecule has 0 saturated heterocycles. The monoisotopic (exact) mass is 290 g/mol. The molecule has 0 spiro atoms. The van der Waals surface area contributed by atoms with Crippen LogP contribution in [0.3, 0.4) is 0 Å². The molecule has 3 nitrogen and oxygen atoms in total. The number of ether oxygens (including phenoxy) is 1. The normalized spacial score (nSPS) is 11.5. The van der Waals surface area contributed by atoms with E-state index >= 15 is 0 Å². The van der Waals surface area contributed by atoms with E-state index in [0.717, 1.165) is 49.0 Å². The Bertz CT molecular complexity index is 489. The standard InChI is InChI=1S/C18H26O3/c1-4-6-7-8-9-16(18(19)20)12-15-10-11-17(21-3)13-14(15)5-2/h10-13H,4-9H2,1-3H3,(H,19,20). The minimum atomic E-state index is -0.815. The van der Waals surface area contributed by atoms with Gasteiger partial charge < -0.3 is 9.84 Å². The summed E-state index contributed by atoms with van der Waals surface area (Å²) in [6.07, 6.45) is 7.64. The topological polar surface area (TPSA) is 46.5 Å². The third kappa shape index (κ3) is 5.62. The predicted molar refractivity (Wildman–Crippen MR) is 86.7 cm³/mol. The number of carboxylic acid groups (broad SMARTS) is 1. The van der Waals surface area contributed by atoms with Gasteiger partial charge in [-0.3, -0.25) is 0 Å². The van der Waals surface area contributed by atoms with Crippen LogP contribution in [0.15, 0.2) is 23.8 Å². The second-order valence-corrected chi connectivity index (χ2v) is 5.20. The smallest absolute Gasteiger partial charge is 0.331 e. The molecule has 1 aromatic carbocycles. The Labute approximate surface area is 127 Å². The fourth-order valence-corrected chi connectivity index (χ4v) is 2.33.